The fourth-order valence-corrected chi connectivity index (χ4v) is 2.73. The minimum atomic E-state index is -0.226. The fourth-order valence-electron chi connectivity index (χ4n) is 1.85. The number of nitrogens with zero attached hydrogens (tertiary/aromatic N) is 1. The van der Waals surface area contributed by atoms with Crippen LogP contribution in [0.4, 0.5) is 0 Å². The molecule has 2 heterocycles. The summed E-state index contributed by atoms with van der Waals surface area (Å²) in [5.41, 5.74) is 0.414. The topological polar surface area (TPSA) is 71.5 Å². The van der Waals surface area contributed by atoms with E-state index in [1.807, 2.05) is 6.92 Å². The number of aliphatic hydroxyl groups excluding tert-OH is 1. The van der Waals surface area contributed by atoms with Crippen LogP contribution < -0.4 is 5.32 Å². The molecule has 1 amide bonds. The molecule has 1 saturated heterocycles. The van der Waals surface area contributed by atoms with E-state index in [-0.39, 0.29) is 24.7 Å². The molecule has 0 radical (unpaired) electrons. The van der Waals surface area contributed by atoms with E-state index in [4.69, 9.17) is 9.84 Å². The van der Waals surface area contributed by atoms with E-state index in [0.717, 1.165) is 24.5 Å². The molecule has 18 heavy (non-hydrogen) atoms. The lowest BCUT2D eigenvalue weighted by atomic mass is 10.2. The molecule has 1 aliphatic heterocycles. The number of thiazole rings is 1. The summed E-state index contributed by atoms with van der Waals surface area (Å²) in [6.07, 6.45) is 2.78. The molecule has 1 aromatic heterocycles. The highest BCUT2D eigenvalue weighted by atomic mass is 32.1. The van der Waals surface area contributed by atoms with Gasteiger partial charge in [-0.15, -0.1) is 11.3 Å². The van der Waals surface area contributed by atoms with Crippen LogP contribution in [0.2, 0.25) is 0 Å². The summed E-state index contributed by atoms with van der Waals surface area (Å²) < 4.78 is 5.53. The zero-order valence-corrected chi connectivity index (χ0v) is 11.2. The molecule has 1 aromatic rings. The molecule has 2 rings (SSSR count). The molecule has 100 valence electrons. The van der Waals surface area contributed by atoms with Crippen LogP contribution in [0, 0.1) is 0 Å². The molecule has 1 fully saturated rings. The van der Waals surface area contributed by atoms with Crippen molar-refractivity contribution in [3.8, 4) is 0 Å². The van der Waals surface area contributed by atoms with Gasteiger partial charge in [-0.1, -0.05) is 6.92 Å². The maximum Gasteiger partial charge on any atom is 0.271 e. The van der Waals surface area contributed by atoms with Crippen LogP contribution in [0.1, 0.15) is 47.8 Å². The Morgan fingerprint density at radius 2 is 2.61 bits per heavy atom. The highest BCUT2D eigenvalue weighted by Gasteiger charge is 2.22. The molecule has 0 aliphatic carbocycles. The molecular weight excluding hydrogens is 252 g/mol. The van der Waals surface area contributed by atoms with Crippen LogP contribution in [0.25, 0.3) is 0 Å². The van der Waals surface area contributed by atoms with Gasteiger partial charge < -0.3 is 15.2 Å². The Hall–Kier alpha value is -0.980. The van der Waals surface area contributed by atoms with Crippen molar-refractivity contribution >= 4 is 17.2 Å². The third-order valence-electron chi connectivity index (χ3n) is 3.01. The first-order valence-electron chi connectivity index (χ1n) is 6.23. The van der Waals surface area contributed by atoms with Crippen LogP contribution in [0.3, 0.4) is 0 Å². The SMILES string of the molecule is CC[C@H](CO)NC(=O)c1csc([C@@H]2CCCO2)n1. The van der Waals surface area contributed by atoms with Crippen molar-refractivity contribution in [2.45, 2.75) is 38.3 Å². The number of amides is 1. The van der Waals surface area contributed by atoms with Crippen molar-refractivity contribution in [2.75, 3.05) is 13.2 Å². The first-order chi connectivity index (χ1) is 8.74. The van der Waals surface area contributed by atoms with Gasteiger partial charge in [0.2, 0.25) is 0 Å². The fraction of sp³-hybridized carbons (Fsp3) is 0.667. The third kappa shape index (κ3) is 3.07. The number of hydrogen-bond acceptors (Lipinski definition) is 5. The average Bonchev–Trinajstić information content (AvgIpc) is 3.04. The van der Waals surface area contributed by atoms with Crippen LogP contribution in [0.15, 0.2) is 5.38 Å². The Morgan fingerprint density at radius 3 is 3.22 bits per heavy atom. The Labute approximate surface area is 110 Å². The molecule has 5 nitrogen and oxygen atoms in total. The molecule has 1 aliphatic rings. The van der Waals surface area contributed by atoms with Crippen molar-refractivity contribution in [3.63, 3.8) is 0 Å². The number of ether oxygens (including phenoxy) is 1. The zero-order chi connectivity index (χ0) is 13.0. The van der Waals surface area contributed by atoms with Gasteiger partial charge in [0.25, 0.3) is 5.91 Å². The van der Waals surface area contributed by atoms with Gasteiger partial charge in [0.05, 0.1) is 12.6 Å². The van der Waals surface area contributed by atoms with Gasteiger partial charge in [0.15, 0.2) is 0 Å². The van der Waals surface area contributed by atoms with Crippen LogP contribution >= 0.6 is 11.3 Å². The number of carbonyl (C=O) groups excluding carboxylic acids is 1. The summed E-state index contributed by atoms with van der Waals surface area (Å²) >= 11 is 1.46. The summed E-state index contributed by atoms with van der Waals surface area (Å²) in [7, 11) is 0. The van der Waals surface area contributed by atoms with E-state index in [9.17, 15) is 4.79 Å². The van der Waals surface area contributed by atoms with Gasteiger partial charge in [0.1, 0.15) is 16.8 Å². The predicted octanol–water partition coefficient (Wildman–Crippen LogP) is 1.50. The minimum Gasteiger partial charge on any atom is -0.394 e. The predicted molar refractivity (Wildman–Crippen MR) is 68.7 cm³/mol. The van der Waals surface area contributed by atoms with E-state index in [2.05, 4.69) is 10.3 Å². The molecule has 0 unspecified atom stereocenters. The zero-order valence-electron chi connectivity index (χ0n) is 10.4. The maximum absolute atomic E-state index is 11.9. The lowest BCUT2D eigenvalue weighted by molar-refractivity contribution is 0.0908. The van der Waals surface area contributed by atoms with Crippen molar-refractivity contribution in [3.05, 3.63) is 16.1 Å². The van der Waals surface area contributed by atoms with Crippen molar-refractivity contribution in [2.24, 2.45) is 0 Å². The highest BCUT2D eigenvalue weighted by Crippen LogP contribution is 2.30. The van der Waals surface area contributed by atoms with Crippen LogP contribution in [-0.4, -0.2) is 35.3 Å². The molecule has 6 heteroatoms. The van der Waals surface area contributed by atoms with E-state index < -0.39 is 0 Å². The number of rotatable bonds is 5. The monoisotopic (exact) mass is 270 g/mol. The first-order valence-corrected chi connectivity index (χ1v) is 7.11. The first kappa shape index (κ1) is 13.5. The van der Waals surface area contributed by atoms with Gasteiger partial charge in [-0.3, -0.25) is 4.79 Å². The second-order valence-corrected chi connectivity index (χ2v) is 5.22. The smallest absolute Gasteiger partial charge is 0.271 e. The lowest BCUT2D eigenvalue weighted by Gasteiger charge is -2.12. The summed E-state index contributed by atoms with van der Waals surface area (Å²) in [5, 5.41) is 14.4. The normalized spacial score (nSPS) is 20.9. The Bertz CT molecular complexity index is 398. The van der Waals surface area contributed by atoms with Gasteiger partial charge in [-0.05, 0) is 19.3 Å². The van der Waals surface area contributed by atoms with Crippen LogP contribution in [0.5, 0.6) is 0 Å². The van der Waals surface area contributed by atoms with Crippen molar-refractivity contribution < 1.29 is 14.6 Å². The number of aromatic nitrogens is 1. The molecule has 0 saturated carbocycles. The number of hydrogen-bond donors (Lipinski definition) is 2. The van der Waals surface area contributed by atoms with Crippen molar-refractivity contribution in [1.29, 1.82) is 0 Å². The number of aliphatic hydroxyl groups is 1. The van der Waals surface area contributed by atoms with E-state index in [1.54, 1.807) is 5.38 Å². The number of carbonyl (C=O) groups is 1. The number of nitrogens with one attached hydrogen (secondary N) is 1. The molecule has 0 aromatic carbocycles. The maximum atomic E-state index is 11.9. The minimum absolute atomic E-state index is 0.0506. The third-order valence-corrected chi connectivity index (χ3v) is 3.94. The Kier molecular flexibility index (Phi) is 4.68. The lowest BCUT2D eigenvalue weighted by Crippen LogP contribution is -2.37. The molecule has 2 atom stereocenters. The summed E-state index contributed by atoms with van der Waals surface area (Å²) in [6, 6.07) is -0.203. The second kappa shape index (κ2) is 6.26. The highest BCUT2D eigenvalue weighted by molar-refractivity contribution is 7.09. The van der Waals surface area contributed by atoms with Gasteiger partial charge in [-0.2, -0.15) is 0 Å². The summed E-state index contributed by atoms with van der Waals surface area (Å²) in [5.74, 6) is -0.226. The largest absolute Gasteiger partial charge is 0.394 e. The van der Waals surface area contributed by atoms with E-state index in [1.165, 1.54) is 11.3 Å². The van der Waals surface area contributed by atoms with Gasteiger partial charge >= 0.3 is 0 Å². The molecule has 0 bridgehead atoms. The molecular formula is C12H18N2O3S. The molecule has 2 N–H and O–H groups in total. The van der Waals surface area contributed by atoms with Crippen molar-refractivity contribution in [1.82, 2.24) is 10.3 Å². The van der Waals surface area contributed by atoms with Gasteiger partial charge in [-0.25, -0.2) is 4.98 Å². The molecule has 0 spiro atoms. The summed E-state index contributed by atoms with van der Waals surface area (Å²) in [6.45, 7) is 2.64. The summed E-state index contributed by atoms with van der Waals surface area (Å²) in [4.78, 5) is 16.2. The Balaban J connectivity index is 1.98. The second-order valence-electron chi connectivity index (χ2n) is 4.33. The van der Waals surface area contributed by atoms with E-state index in [0.29, 0.717) is 12.1 Å². The van der Waals surface area contributed by atoms with E-state index >= 15 is 0 Å². The Morgan fingerprint density at radius 1 is 1.78 bits per heavy atom. The average molecular weight is 270 g/mol. The quantitative estimate of drug-likeness (QED) is 0.850. The van der Waals surface area contributed by atoms with Gasteiger partial charge in [0, 0.05) is 12.0 Å². The standard InChI is InChI=1S/C12H18N2O3S/c1-2-8(6-15)13-11(16)9-7-18-12(14-9)10-4-3-5-17-10/h7-8,10,15H,2-6H2,1H3,(H,13,16)/t8-,10+/m1/s1. The van der Waals surface area contributed by atoms with Crippen LogP contribution in [-0.2, 0) is 4.74 Å².